The van der Waals surface area contributed by atoms with E-state index in [0.29, 0.717) is 21.8 Å². The van der Waals surface area contributed by atoms with Crippen molar-refractivity contribution in [2.45, 2.75) is 19.6 Å². The van der Waals surface area contributed by atoms with Crippen LogP contribution in [0.1, 0.15) is 12.7 Å². The van der Waals surface area contributed by atoms with Crippen LogP contribution in [-0.4, -0.2) is 22.0 Å². The molecule has 3 rings (SSSR count). The number of rotatable bonds is 5. The minimum Gasteiger partial charge on any atom is -0.479 e. The fraction of sp³-hybridized carbons (Fsp3) is 0.188. The van der Waals surface area contributed by atoms with E-state index in [4.69, 9.17) is 9.47 Å². The molecule has 0 fully saturated rings. The van der Waals surface area contributed by atoms with E-state index in [1.807, 2.05) is 18.2 Å². The van der Waals surface area contributed by atoms with Crippen molar-refractivity contribution in [2.24, 2.45) is 0 Å². The molecule has 0 amide bonds. The Morgan fingerprint density at radius 1 is 1.30 bits per heavy atom. The molecule has 0 spiro atoms. The topological polar surface area (TPSA) is 81.3 Å². The lowest BCUT2D eigenvalue weighted by Gasteiger charge is -2.13. The summed E-state index contributed by atoms with van der Waals surface area (Å²) >= 11 is 1.32. The minimum absolute atomic E-state index is 0.109. The summed E-state index contributed by atoms with van der Waals surface area (Å²) in [5.74, 6) is 0.367. The monoisotopic (exact) mass is 330 g/mol. The number of aromatic amines is 1. The van der Waals surface area contributed by atoms with Gasteiger partial charge in [0.25, 0.3) is 5.56 Å². The van der Waals surface area contributed by atoms with Gasteiger partial charge in [-0.1, -0.05) is 18.2 Å². The van der Waals surface area contributed by atoms with Gasteiger partial charge in [0, 0.05) is 0 Å². The van der Waals surface area contributed by atoms with Crippen molar-refractivity contribution in [3.8, 4) is 5.75 Å². The molecule has 0 radical (unpaired) electrons. The van der Waals surface area contributed by atoms with Gasteiger partial charge in [-0.25, -0.2) is 9.78 Å². The average molecular weight is 330 g/mol. The largest absolute Gasteiger partial charge is 0.479 e. The molecular formula is C16H14N2O4S. The van der Waals surface area contributed by atoms with E-state index in [9.17, 15) is 9.59 Å². The number of nitrogens with one attached hydrogen (secondary N) is 1. The van der Waals surface area contributed by atoms with Crippen molar-refractivity contribution in [1.29, 1.82) is 0 Å². The zero-order valence-corrected chi connectivity index (χ0v) is 13.1. The number of esters is 1. The van der Waals surface area contributed by atoms with E-state index >= 15 is 0 Å². The van der Waals surface area contributed by atoms with E-state index in [2.05, 4.69) is 9.97 Å². The Morgan fingerprint density at radius 3 is 2.87 bits per heavy atom. The Morgan fingerprint density at radius 2 is 2.09 bits per heavy atom. The van der Waals surface area contributed by atoms with Crippen LogP contribution in [0.2, 0.25) is 0 Å². The molecule has 1 atom stereocenters. The molecule has 0 bridgehead atoms. The molecular weight excluding hydrogens is 316 g/mol. The van der Waals surface area contributed by atoms with Gasteiger partial charge in [-0.3, -0.25) is 4.79 Å². The first kappa shape index (κ1) is 15.2. The second-order valence-electron chi connectivity index (χ2n) is 4.83. The van der Waals surface area contributed by atoms with Crippen molar-refractivity contribution >= 4 is 27.5 Å². The minimum atomic E-state index is -0.756. The highest BCUT2D eigenvalue weighted by atomic mass is 32.1. The summed E-state index contributed by atoms with van der Waals surface area (Å²) in [5.41, 5.74) is 0.364. The van der Waals surface area contributed by atoms with Crippen molar-refractivity contribution in [3.05, 3.63) is 58.0 Å². The molecule has 0 aliphatic carbocycles. The number of hydrogen-bond acceptors (Lipinski definition) is 6. The first-order valence-corrected chi connectivity index (χ1v) is 7.86. The molecule has 118 valence electrons. The maximum atomic E-state index is 12.0. The number of aromatic nitrogens is 2. The predicted molar refractivity (Wildman–Crippen MR) is 86.6 cm³/mol. The molecule has 0 saturated carbocycles. The standard InChI is InChI=1S/C16H14N2O4S/c1-10(22-11-5-3-2-4-6-11)16(20)21-9-13-17-12-7-8-23-14(12)15(19)18-13/h2-8,10H,9H2,1H3,(H,17,18,19)/t10-/m1/s1. The molecule has 3 aromatic rings. The SMILES string of the molecule is C[C@@H](Oc1ccccc1)C(=O)OCc1nc2ccsc2c(=O)[nH]1. The number of fused-ring (bicyclic) bond motifs is 1. The summed E-state index contributed by atoms with van der Waals surface area (Å²) < 4.78 is 11.2. The van der Waals surface area contributed by atoms with E-state index < -0.39 is 12.1 Å². The van der Waals surface area contributed by atoms with Gasteiger partial charge in [0.2, 0.25) is 0 Å². The van der Waals surface area contributed by atoms with Crippen molar-refractivity contribution in [3.63, 3.8) is 0 Å². The van der Waals surface area contributed by atoms with Crippen molar-refractivity contribution in [1.82, 2.24) is 9.97 Å². The van der Waals surface area contributed by atoms with Gasteiger partial charge in [0.1, 0.15) is 22.9 Å². The highest BCUT2D eigenvalue weighted by Crippen LogP contribution is 2.14. The number of hydrogen-bond donors (Lipinski definition) is 1. The summed E-state index contributed by atoms with van der Waals surface area (Å²) in [6, 6.07) is 10.8. The number of carbonyl (C=O) groups is 1. The number of ether oxygens (including phenoxy) is 2. The van der Waals surface area contributed by atoms with Gasteiger partial charge in [0.15, 0.2) is 6.10 Å². The van der Waals surface area contributed by atoms with Gasteiger partial charge in [-0.2, -0.15) is 0 Å². The van der Waals surface area contributed by atoms with Gasteiger partial charge in [-0.05, 0) is 30.5 Å². The number of benzene rings is 1. The van der Waals surface area contributed by atoms with Crippen LogP contribution in [-0.2, 0) is 16.1 Å². The van der Waals surface area contributed by atoms with Crippen molar-refractivity contribution < 1.29 is 14.3 Å². The van der Waals surface area contributed by atoms with Gasteiger partial charge >= 0.3 is 5.97 Å². The Bertz CT molecular complexity index is 872. The Kier molecular flexibility index (Phi) is 4.38. The fourth-order valence-electron chi connectivity index (χ4n) is 2.00. The molecule has 0 unspecified atom stereocenters. The van der Waals surface area contributed by atoms with Crippen LogP contribution in [0.15, 0.2) is 46.6 Å². The molecule has 2 heterocycles. The number of thiophene rings is 1. The van der Waals surface area contributed by atoms with Crippen molar-refractivity contribution in [2.75, 3.05) is 0 Å². The summed E-state index contributed by atoms with van der Waals surface area (Å²) in [5, 5.41) is 1.79. The summed E-state index contributed by atoms with van der Waals surface area (Å²) in [6.45, 7) is 1.50. The first-order chi connectivity index (χ1) is 11.1. The van der Waals surface area contributed by atoms with Crippen LogP contribution >= 0.6 is 11.3 Å². The van der Waals surface area contributed by atoms with Crippen LogP contribution in [0, 0.1) is 0 Å². The molecule has 2 aromatic heterocycles. The highest BCUT2D eigenvalue weighted by molar-refractivity contribution is 7.17. The second-order valence-corrected chi connectivity index (χ2v) is 5.74. The van der Waals surface area contributed by atoms with Gasteiger partial charge in [-0.15, -0.1) is 11.3 Å². The maximum Gasteiger partial charge on any atom is 0.347 e. The van der Waals surface area contributed by atoms with Crippen LogP contribution < -0.4 is 10.3 Å². The summed E-state index contributed by atoms with van der Waals surface area (Å²) in [4.78, 5) is 30.6. The van der Waals surface area contributed by atoms with Crippen LogP contribution in [0.5, 0.6) is 5.75 Å². The van der Waals surface area contributed by atoms with Crippen LogP contribution in [0.3, 0.4) is 0 Å². The molecule has 1 N–H and O–H groups in total. The highest BCUT2D eigenvalue weighted by Gasteiger charge is 2.17. The van der Waals surface area contributed by atoms with Crippen LogP contribution in [0.4, 0.5) is 0 Å². The smallest absolute Gasteiger partial charge is 0.347 e. The Balaban J connectivity index is 1.62. The lowest BCUT2D eigenvalue weighted by Crippen LogP contribution is -2.26. The van der Waals surface area contributed by atoms with Gasteiger partial charge in [0.05, 0.1) is 5.52 Å². The first-order valence-electron chi connectivity index (χ1n) is 6.98. The maximum absolute atomic E-state index is 12.0. The van der Waals surface area contributed by atoms with E-state index in [1.165, 1.54) is 11.3 Å². The molecule has 6 nitrogen and oxygen atoms in total. The molecule has 0 saturated heterocycles. The number of H-pyrrole nitrogens is 1. The molecule has 1 aromatic carbocycles. The zero-order valence-electron chi connectivity index (χ0n) is 12.3. The van der Waals surface area contributed by atoms with Gasteiger partial charge < -0.3 is 14.5 Å². The number of para-hydroxylation sites is 1. The lowest BCUT2D eigenvalue weighted by atomic mass is 10.3. The third-order valence-electron chi connectivity index (χ3n) is 3.10. The molecule has 0 aliphatic heterocycles. The third kappa shape index (κ3) is 3.57. The molecule has 7 heteroatoms. The summed E-state index contributed by atoms with van der Waals surface area (Å²) in [6.07, 6.45) is -0.756. The predicted octanol–water partition coefficient (Wildman–Crippen LogP) is 2.50. The fourth-order valence-corrected chi connectivity index (χ4v) is 2.72. The van der Waals surface area contributed by atoms with E-state index in [1.54, 1.807) is 30.5 Å². The quantitative estimate of drug-likeness (QED) is 0.727. The lowest BCUT2D eigenvalue weighted by molar-refractivity contribution is -0.152. The Hall–Kier alpha value is -2.67. The van der Waals surface area contributed by atoms with E-state index in [0.717, 1.165) is 0 Å². The van der Waals surface area contributed by atoms with Crippen LogP contribution in [0.25, 0.3) is 10.2 Å². The molecule has 23 heavy (non-hydrogen) atoms. The summed E-state index contributed by atoms with van der Waals surface area (Å²) in [7, 11) is 0. The normalized spacial score (nSPS) is 12.0. The third-order valence-corrected chi connectivity index (χ3v) is 4.01. The zero-order chi connectivity index (χ0) is 16.2. The second kappa shape index (κ2) is 6.62. The average Bonchev–Trinajstić information content (AvgIpc) is 3.02. The van der Waals surface area contributed by atoms with E-state index in [-0.39, 0.29) is 12.2 Å². The number of nitrogens with zero attached hydrogens (tertiary/aromatic N) is 1. The molecule has 0 aliphatic rings. The Labute approximate surface area is 135 Å². The number of carbonyl (C=O) groups excluding carboxylic acids is 1.